The number of aliphatic hydroxyl groups excluding tert-OH is 1. The number of hydrogen-bond donors (Lipinski definition) is 1. The molecule has 4 aromatic rings. The van der Waals surface area contributed by atoms with Gasteiger partial charge in [-0.2, -0.15) is 0 Å². The number of pyridine rings is 2. The first-order valence-electron chi connectivity index (χ1n) is 12.5. The number of nitrogens with zero attached hydrogens (tertiary/aromatic N) is 2. The molecule has 3 heterocycles. The van der Waals surface area contributed by atoms with Crippen LogP contribution in [0.25, 0.3) is 32.9 Å². The average molecular weight is 704 g/mol. The van der Waals surface area contributed by atoms with Gasteiger partial charge >= 0.3 is 0 Å². The van der Waals surface area contributed by atoms with Crippen LogP contribution >= 0.6 is 11.8 Å². The van der Waals surface area contributed by atoms with Crippen LogP contribution in [0, 0.1) is 13.0 Å². The molecule has 2 aromatic carbocycles. The minimum Gasteiger partial charge on any atom is -0.512 e. The van der Waals surface area contributed by atoms with Gasteiger partial charge < -0.3 is 10.1 Å². The molecule has 1 radical (unpaired) electrons. The number of rotatable bonds is 1. The van der Waals surface area contributed by atoms with E-state index < -0.39 is 0 Å². The number of carbonyl (C=O) groups excluding carboxylic acids is 1. The number of fused-ring (bicyclic) bond motifs is 3. The molecule has 0 atom stereocenters. The van der Waals surface area contributed by atoms with E-state index in [1.54, 1.807) is 11.8 Å². The number of para-hydroxylation sites is 1. The van der Waals surface area contributed by atoms with Crippen molar-refractivity contribution in [3.05, 3.63) is 71.1 Å². The van der Waals surface area contributed by atoms with Crippen molar-refractivity contribution in [3.8, 4) is 11.3 Å². The number of benzene rings is 2. The van der Waals surface area contributed by atoms with Gasteiger partial charge in [0.1, 0.15) is 0 Å². The van der Waals surface area contributed by atoms with Crippen LogP contribution < -0.4 is 0 Å². The molecule has 38 heavy (non-hydrogen) atoms. The largest absolute Gasteiger partial charge is 0.512 e. The number of carbonyl (C=O) groups is 1. The van der Waals surface area contributed by atoms with Gasteiger partial charge in [-0.25, -0.2) is 0 Å². The van der Waals surface area contributed by atoms with E-state index in [1.807, 2.05) is 6.20 Å². The van der Waals surface area contributed by atoms with E-state index in [0.29, 0.717) is 0 Å². The van der Waals surface area contributed by atoms with Crippen molar-refractivity contribution in [2.75, 3.05) is 0 Å². The van der Waals surface area contributed by atoms with Crippen molar-refractivity contribution in [1.82, 2.24) is 9.97 Å². The van der Waals surface area contributed by atoms with Gasteiger partial charge in [-0.3, -0.25) is 9.78 Å². The van der Waals surface area contributed by atoms with E-state index in [2.05, 4.69) is 84.9 Å². The fourth-order valence-corrected chi connectivity index (χ4v) is 5.80. The minimum atomic E-state index is -0.125. The molecule has 0 saturated carbocycles. The number of aromatic nitrogens is 2. The summed E-state index contributed by atoms with van der Waals surface area (Å²) in [6, 6.07) is 14.7. The topological polar surface area (TPSA) is 63.1 Å². The zero-order valence-corrected chi connectivity index (χ0v) is 26.7. The number of aliphatic hydroxyl groups is 1. The Hall–Kier alpha value is -2.53. The van der Waals surface area contributed by atoms with Crippen LogP contribution in [-0.2, 0) is 35.7 Å². The summed E-state index contributed by atoms with van der Waals surface area (Å²) in [5.41, 5.74) is 7.06. The number of aryl methyl sites for hydroxylation is 1. The molecule has 1 aliphatic heterocycles. The predicted octanol–water partition coefficient (Wildman–Crippen LogP) is 8.65. The molecule has 4 nitrogen and oxygen atoms in total. The Morgan fingerprint density at radius 3 is 2.18 bits per heavy atom. The van der Waals surface area contributed by atoms with Crippen LogP contribution in [0.2, 0.25) is 0 Å². The molecule has 2 aromatic heterocycles. The molecular weight excluding hydrogens is 669 g/mol. The van der Waals surface area contributed by atoms with Crippen molar-refractivity contribution >= 4 is 39.2 Å². The molecular formula is C32H35IrN2O2S-. The molecule has 0 unspecified atom stereocenters. The fraction of sp³-hybridized carbons (Fsp3) is 0.344. The summed E-state index contributed by atoms with van der Waals surface area (Å²) in [7, 11) is 0. The third-order valence-electron chi connectivity index (χ3n) is 6.38. The molecule has 0 aliphatic carbocycles. The molecule has 6 heteroatoms. The van der Waals surface area contributed by atoms with Gasteiger partial charge in [0.05, 0.1) is 5.76 Å². The third kappa shape index (κ3) is 5.88. The van der Waals surface area contributed by atoms with Crippen molar-refractivity contribution < 1.29 is 30.0 Å². The monoisotopic (exact) mass is 704 g/mol. The first kappa shape index (κ1) is 30.0. The number of hydrogen-bond acceptors (Lipinski definition) is 5. The molecule has 0 fully saturated rings. The van der Waals surface area contributed by atoms with Crippen LogP contribution in [0.4, 0.5) is 0 Å². The third-order valence-corrected chi connectivity index (χ3v) is 7.43. The zero-order valence-electron chi connectivity index (χ0n) is 23.5. The maximum Gasteiger partial charge on any atom is 0.155 e. The van der Waals surface area contributed by atoms with Crippen molar-refractivity contribution in [1.29, 1.82) is 0 Å². The average Bonchev–Trinajstić information content (AvgIpc) is 2.77. The summed E-state index contributed by atoms with van der Waals surface area (Å²) in [5.74, 6) is -0.0625. The smallest absolute Gasteiger partial charge is 0.155 e. The standard InChI is InChI=1S/C27H27N2S.C5H8O2.Ir/c1-15-14-28-24-17-13-16-9-8-10-19(27(5,6)7)23(16)29-25(17)30-20-12-11-18(26(2,3)4)21(15)22(20)24;1-4(6)3-5(2)7;/h8-12,14H,1-7H3;3,6H,1-2H3;/q-1;;/b;4-3-;. The molecule has 5 rings (SSSR count). The first-order chi connectivity index (χ1) is 17.2. The molecule has 0 spiro atoms. The molecule has 1 aliphatic rings. The minimum absolute atomic E-state index is 0. The Morgan fingerprint density at radius 1 is 0.974 bits per heavy atom. The fourth-order valence-electron chi connectivity index (χ4n) is 4.77. The Kier molecular flexibility index (Phi) is 8.62. The molecule has 0 amide bonds. The second kappa shape index (κ2) is 10.9. The summed E-state index contributed by atoms with van der Waals surface area (Å²) < 4.78 is 0. The molecule has 0 bridgehead atoms. The van der Waals surface area contributed by atoms with Gasteiger partial charge in [0, 0.05) is 53.5 Å². The summed E-state index contributed by atoms with van der Waals surface area (Å²) in [6.07, 6.45) is 3.18. The van der Waals surface area contributed by atoms with Crippen LogP contribution in [0.1, 0.15) is 72.1 Å². The Balaban J connectivity index is 0.000000444. The van der Waals surface area contributed by atoms with Crippen LogP contribution in [-0.4, -0.2) is 20.9 Å². The normalized spacial score (nSPS) is 12.9. The Morgan fingerprint density at radius 2 is 1.63 bits per heavy atom. The number of allylic oxidation sites excluding steroid dienone is 2. The van der Waals surface area contributed by atoms with Crippen molar-refractivity contribution in [2.24, 2.45) is 0 Å². The van der Waals surface area contributed by atoms with Crippen LogP contribution in [0.15, 0.2) is 58.3 Å². The van der Waals surface area contributed by atoms with E-state index in [0.717, 1.165) is 27.2 Å². The van der Waals surface area contributed by atoms with Crippen LogP contribution in [0.5, 0.6) is 0 Å². The van der Waals surface area contributed by atoms with Gasteiger partial charge in [0.2, 0.25) is 0 Å². The van der Waals surface area contributed by atoms with E-state index in [-0.39, 0.29) is 42.5 Å². The summed E-state index contributed by atoms with van der Waals surface area (Å²) in [4.78, 5) is 21.3. The van der Waals surface area contributed by atoms with E-state index in [1.165, 1.54) is 52.3 Å². The molecule has 0 saturated heterocycles. The van der Waals surface area contributed by atoms with E-state index >= 15 is 0 Å². The maximum atomic E-state index is 10.0. The van der Waals surface area contributed by atoms with E-state index in [4.69, 9.17) is 15.1 Å². The zero-order chi connectivity index (χ0) is 27.3. The second-order valence-electron chi connectivity index (χ2n) is 11.8. The molecule has 1 N–H and O–H groups in total. The summed E-state index contributed by atoms with van der Waals surface area (Å²) in [5, 5.41) is 13.0. The van der Waals surface area contributed by atoms with Crippen molar-refractivity contribution in [3.63, 3.8) is 0 Å². The first-order valence-corrected chi connectivity index (χ1v) is 13.4. The summed E-state index contributed by atoms with van der Waals surface area (Å²) >= 11 is 1.75. The van der Waals surface area contributed by atoms with Gasteiger partial charge in [0.15, 0.2) is 5.78 Å². The SMILES string of the molecule is CC(=O)/C=C(/C)O.Cc1cnc2c3c(ccc(C(C)(C)C)c13)Sc1nc3c(C(C)(C)C)cccc3[c-]c1-2.[Ir]. The quantitative estimate of drug-likeness (QED) is 0.108. The van der Waals surface area contributed by atoms with Gasteiger partial charge in [-0.15, -0.1) is 23.9 Å². The van der Waals surface area contributed by atoms with Crippen molar-refractivity contribution in [2.45, 2.75) is 83.1 Å². The van der Waals surface area contributed by atoms with E-state index in [9.17, 15) is 4.79 Å². The van der Waals surface area contributed by atoms with Gasteiger partial charge in [0.25, 0.3) is 0 Å². The van der Waals surface area contributed by atoms with Crippen LogP contribution in [0.3, 0.4) is 0 Å². The Labute approximate surface area is 243 Å². The second-order valence-corrected chi connectivity index (χ2v) is 12.8. The predicted molar refractivity (Wildman–Crippen MR) is 155 cm³/mol. The maximum absolute atomic E-state index is 10.0. The Bertz CT molecular complexity index is 1570. The van der Waals surface area contributed by atoms with Gasteiger partial charge in [-0.05, 0) is 59.6 Å². The van der Waals surface area contributed by atoms with Gasteiger partial charge in [-0.1, -0.05) is 76.3 Å². The number of ketones is 1. The summed E-state index contributed by atoms with van der Waals surface area (Å²) in [6.45, 7) is 18.6. The molecule has 201 valence electrons.